The Balaban J connectivity index is 1.74. The molecule has 0 fully saturated rings. The molecule has 1 amide bonds. The van der Waals surface area contributed by atoms with E-state index in [2.05, 4.69) is 15.7 Å². The average molecular weight is 292 g/mol. The Morgan fingerprint density at radius 2 is 1.68 bits per heavy atom. The summed E-state index contributed by atoms with van der Waals surface area (Å²) in [6.07, 6.45) is 0.306. The first-order chi connectivity index (χ1) is 10.7. The predicted octanol–water partition coefficient (Wildman–Crippen LogP) is 2.57. The SMILES string of the molecule is Cc1c(-c2ccccc2)nnn1NC(=O)Cc1ccccc1. The largest absolute Gasteiger partial charge is 0.273 e. The van der Waals surface area contributed by atoms with Gasteiger partial charge in [-0.25, -0.2) is 5.43 Å². The summed E-state index contributed by atoms with van der Waals surface area (Å²) < 4.78 is 0. The van der Waals surface area contributed by atoms with Crippen molar-refractivity contribution in [2.75, 3.05) is 5.43 Å². The summed E-state index contributed by atoms with van der Waals surface area (Å²) in [5.74, 6) is -0.126. The van der Waals surface area contributed by atoms with Crippen LogP contribution in [0.5, 0.6) is 0 Å². The predicted molar refractivity (Wildman–Crippen MR) is 84.7 cm³/mol. The molecule has 0 aliphatic carbocycles. The van der Waals surface area contributed by atoms with Crippen molar-refractivity contribution in [1.82, 2.24) is 15.1 Å². The van der Waals surface area contributed by atoms with Crippen molar-refractivity contribution in [2.45, 2.75) is 13.3 Å². The van der Waals surface area contributed by atoms with Crippen molar-refractivity contribution >= 4 is 5.91 Å². The monoisotopic (exact) mass is 292 g/mol. The third-order valence-electron chi connectivity index (χ3n) is 3.38. The van der Waals surface area contributed by atoms with Crippen LogP contribution in [0.4, 0.5) is 0 Å². The lowest BCUT2D eigenvalue weighted by Gasteiger charge is -2.06. The normalized spacial score (nSPS) is 10.4. The van der Waals surface area contributed by atoms with E-state index in [-0.39, 0.29) is 5.91 Å². The van der Waals surface area contributed by atoms with E-state index in [0.717, 1.165) is 22.5 Å². The maximum absolute atomic E-state index is 12.1. The van der Waals surface area contributed by atoms with Gasteiger partial charge in [-0.1, -0.05) is 60.7 Å². The minimum atomic E-state index is -0.126. The molecule has 5 nitrogen and oxygen atoms in total. The van der Waals surface area contributed by atoms with E-state index in [1.54, 1.807) is 0 Å². The second-order valence-corrected chi connectivity index (χ2v) is 5.00. The van der Waals surface area contributed by atoms with Gasteiger partial charge in [-0.2, -0.15) is 4.79 Å². The van der Waals surface area contributed by atoms with Crippen molar-refractivity contribution in [2.24, 2.45) is 0 Å². The van der Waals surface area contributed by atoms with Crippen LogP contribution in [0.15, 0.2) is 60.7 Å². The number of hydrogen-bond donors (Lipinski definition) is 1. The number of amides is 1. The summed E-state index contributed by atoms with van der Waals surface area (Å²) >= 11 is 0. The molecule has 3 aromatic rings. The Labute approximate surface area is 128 Å². The minimum absolute atomic E-state index is 0.126. The maximum atomic E-state index is 12.1. The zero-order valence-electron chi connectivity index (χ0n) is 12.2. The van der Waals surface area contributed by atoms with Crippen LogP contribution < -0.4 is 5.43 Å². The van der Waals surface area contributed by atoms with Gasteiger partial charge in [0.1, 0.15) is 5.69 Å². The Morgan fingerprint density at radius 3 is 2.36 bits per heavy atom. The highest BCUT2D eigenvalue weighted by Crippen LogP contribution is 2.19. The quantitative estimate of drug-likeness (QED) is 0.804. The number of nitrogens with one attached hydrogen (secondary N) is 1. The molecule has 1 heterocycles. The number of aromatic nitrogens is 3. The lowest BCUT2D eigenvalue weighted by molar-refractivity contribution is -0.116. The fraction of sp³-hybridized carbons (Fsp3) is 0.118. The zero-order valence-corrected chi connectivity index (χ0v) is 12.2. The lowest BCUT2D eigenvalue weighted by Crippen LogP contribution is -2.26. The second-order valence-electron chi connectivity index (χ2n) is 5.00. The number of carbonyl (C=O) groups is 1. The van der Waals surface area contributed by atoms with Gasteiger partial charge < -0.3 is 0 Å². The van der Waals surface area contributed by atoms with Crippen LogP contribution in [-0.2, 0) is 11.2 Å². The van der Waals surface area contributed by atoms with Crippen LogP contribution in [0.2, 0.25) is 0 Å². The number of nitrogens with zero attached hydrogens (tertiary/aromatic N) is 3. The molecule has 2 aromatic carbocycles. The first kappa shape index (κ1) is 14.0. The first-order valence-corrected chi connectivity index (χ1v) is 7.05. The third-order valence-corrected chi connectivity index (χ3v) is 3.38. The highest BCUT2D eigenvalue weighted by molar-refractivity contribution is 5.85. The molecule has 110 valence electrons. The Kier molecular flexibility index (Phi) is 3.96. The Hall–Kier alpha value is -2.95. The first-order valence-electron chi connectivity index (χ1n) is 7.05. The smallest absolute Gasteiger partial charge is 0.244 e. The summed E-state index contributed by atoms with van der Waals surface area (Å²) in [5.41, 5.74) is 6.25. The highest BCUT2D eigenvalue weighted by Gasteiger charge is 2.12. The van der Waals surface area contributed by atoms with E-state index < -0.39 is 0 Å². The van der Waals surface area contributed by atoms with Gasteiger partial charge in [0.2, 0.25) is 5.91 Å². The van der Waals surface area contributed by atoms with Gasteiger partial charge in [0.25, 0.3) is 0 Å². The van der Waals surface area contributed by atoms with Crippen molar-refractivity contribution < 1.29 is 4.79 Å². The number of carbonyl (C=O) groups excluding carboxylic acids is 1. The third kappa shape index (κ3) is 3.03. The van der Waals surface area contributed by atoms with E-state index in [1.807, 2.05) is 67.6 Å². The summed E-state index contributed by atoms with van der Waals surface area (Å²) in [6.45, 7) is 1.88. The van der Waals surface area contributed by atoms with E-state index >= 15 is 0 Å². The lowest BCUT2D eigenvalue weighted by atomic mass is 10.1. The number of benzene rings is 2. The zero-order chi connectivity index (χ0) is 15.4. The Morgan fingerprint density at radius 1 is 1.05 bits per heavy atom. The fourth-order valence-corrected chi connectivity index (χ4v) is 2.24. The van der Waals surface area contributed by atoms with Gasteiger partial charge in [0, 0.05) is 5.56 Å². The van der Waals surface area contributed by atoms with Crippen molar-refractivity contribution in [3.63, 3.8) is 0 Å². The van der Waals surface area contributed by atoms with Crippen LogP contribution in [0, 0.1) is 6.92 Å². The van der Waals surface area contributed by atoms with Gasteiger partial charge in [0.05, 0.1) is 12.1 Å². The summed E-state index contributed by atoms with van der Waals surface area (Å²) in [5, 5.41) is 8.15. The number of rotatable bonds is 4. The molecule has 0 atom stereocenters. The van der Waals surface area contributed by atoms with Crippen LogP contribution in [0.3, 0.4) is 0 Å². The van der Waals surface area contributed by atoms with Gasteiger partial charge in [-0.15, -0.1) is 5.10 Å². The molecule has 0 bridgehead atoms. The van der Waals surface area contributed by atoms with Crippen LogP contribution >= 0.6 is 0 Å². The molecule has 0 spiro atoms. The fourth-order valence-electron chi connectivity index (χ4n) is 2.24. The summed E-state index contributed by atoms with van der Waals surface area (Å²) in [4.78, 5) is 13.5. The molecule has 1 aromatic heterocycles. The Bertz CT molecular complexity index is 766. The average Bonchev–Trinajstić information content (AvgIpc) is 2.90. The molecule has 0 unspecified atom stereocenters. The number of hydrogen-bond acceptors (Lipinski definition) is 3. The summed E-state index contributed by atoms with van der Waals surface area (Å²) in [7, 11) is 0. The van der Waals surface area contributed by atoms with E-state index in [0.29, 0.717) is 6.42 Å². The molecule has 1 N–H and O–H groups in total. The second kappa shape index (κ2) is 6.22. The molecule has 3 rings (SSSR count). The van der Waals surface area contributed by atoms with Gasteiger partial charge in [0.15, 0.2) is 0 Å². The van der Waals surface area contributed by atoms with Crippen LogP contribution in [-0.4, -0.2) is 21.0 Å². The molecule has 0 radical (unpaired) electrons. The van der Waals surface area contributed by atoms with Gasteiger partial charge in [-0.05, 0) is 17.7 Å². The maximum Gasteiger partial charge on any atom is 0.244 e. The van der Waals surface area contributed by atoms with Crippen molar-refractivity contribution in [3.05, 3.63) is 71.9 Å². The van der Waals surface area contributed by atoms with Crippen molar-refractivity contribution in [3.8, 4) is 11.3 Å². The van der Waals surface area contributed by atoms with E-state index in [4.69, 9.17) is 0 Å². The molecule has 22 heavy (non-hydrogen) atoms. The van der Waals surface area contributed by atoms with E-state index in [9.17, 15) is 4.79 Å². The molecule has 0 aliphatic heterocycles. The van der Waals surface area contributed by atoms with Crippen LogP contribution in [0.1, 0.15) is 11.3 Å². The van der Waals surface area contributed by atoms with Gasteiger partial charge >= 0.3 is 0 Å². The van der Waals surface area contributed by atoms with Crippen LogP contribution in [0.25, 0.3) is 11.3 Å². The molecular formula is C17H16N4O. The van der Waals surface area contributed by atoms with Crippen molar-refractivity contribution in [1.29, 1.82) is 0 Å². The molecule has 0 aliphatic rings. The highest BCUT2D eigenvalue weighted by atomic mass is 16.2. The molecular weight excluding hydrogens is 276 g/mol. The minimum Gasteiger partial charge on any atom is -0.273 e. The topological polar surface area (TPSA) is 59.8 Å². The summed E-state index contributed by atoms with van der Waals surface area (Å²) in [6, 6.07) is 19.4. The van der Waals surface area contributed by atoms with E-state index in [1.165, 1.54) is 4.79 Å². The molecule has 0 saturated heterocycles. The van der Waals surface area contributed by atoms with Gasteiger partial charge in [-0.3, -0.25) is 4.79 Å². The molecule has 0 saturated carbocycles. The molecule has 5 heteroatoms. The standard InChI is InChI=1S/C17H16N4O/c1-13-17(15-10-6-3-7-11-15)18-20-21(13)19-16(22)12-14-8-4-2-5-9-14/h2-11H,12H2,1H3,(H,19,22).